The van der Waals surface area contributed by atoms with E-state index in [1.807, 2.05) is 19.1 Å². The van der Waals surface area contributed by atoms with E-state index in [1.165, 1.54) is 23.9 Å². The normalized spacial score (nSPS) is 14.8. The summed E-state index contributed by atoms with van der Waals surface area (Å²) in [6.07, 6.45) is 5.51. The Labute approximate surface area is 243 Å². The molecule has 0 aliphatic carbocycles. The number of nitrogens with one attached hydrogen (secondary N) is 1. The third-order valence-electron chi connectivity index (χ3n) is 6.21. The molecule has 0 amide bonds. The third-order valence-corrected chi connectivity index (χ3v) is 8.04. The van der Waals surface area contributed by atoms with Gasteiger partial charge in [-0.15, -0.1) is 18.2 Å². The zero-order valence-electron chi connectivity index (χ0n) is 23.2. The van der Waals surface area contributed by atoms with Gasteiger partial charge in [0.1, 0.15) is 5.76 Å². The van der Waals surface area contributed by atoms with Gasteiger partial charge < -0.3 is 21.1 Å². The molecule has 0 saturated carbocycles. The predicted octanol–water partition coefficient (Wildman–Crippen LogP) is 7.71. The molecule has 0 bridgehead atoms. The molecule has 0 aliphatic heterocycles. The predicted molar refractivity (Wildman–Crippen MR) is 169 cm³/mol. The van der Waals surface area contributed by atoms with E-state index in [-0.39, 0.29) is 45.9 Å². The second kappa shape index (κ2) is 18.4. The minimum absolute atomic E-state index is 0.00412. The van der Waals surface area contributed by atoms with E-state index in [0.29, 0.717) is 17.5 Å². The lowest BCUT2D eigenvalue weighted by Gasteiger charge is -2.26. The number of aliphatic hydroxyl groups excluding tert-OH is 1. The van der Waals surface area contributed by atoms with E-state index < -0.39 is 0 Å². The molecule has 0 aromatic heterocycles. The van der Waals surface area contributed by atoms with Gasteiger partial charge in [0.25, 0.3) is 0 Å². The number of hydrogen-bond donors (Lipinski definition) is 3. The molecule has 0 aliphatic rings. The Balaban J connectivity index is 2.93. The molecule has 38 heavy (non-hydrogen) atoms. The lowest BCUT2D eigenvalue weighted by Crippen LogP contribution is -2.26. The number of nitrogens with two attached hydrogens (primary N) is 1. The Morgan fingerprint density at radius 3 is 2.45 bits per heavy atom. The van der Waals surface area contributed by atoms with Crippen molar-refractivity contribution < 1.29 is 9.90 Å². The summed E-state index contributed by atoms with van der Waals surface area (Å²) in [6, 6.07) is 8.18. The quantitative estimate of drug-likeness (QED) is 0.0331. The Bertz CT molecular complexity index is 966. The number of anilines is 2. The van der Waals surface area contributed by atoms with E-state index in [4.69, 9.17) is 28.9 Å². The Kier molecular flexibility index (Phi) is 16.5. The molecule has 1 aromatic carbocycles. The summed E-state index contributed by atoms with van der Waals surface area (Å²) in [5, 5.41) is 13.8. The highest BCUT2D eigenvalue weighted by Crippen LogP contribution is 2.30. The monoisotopic (exact) mass is 582 g/mol. The van der Waals surface area contributed by atoms with Gasteiger partial charge in [0.2, 0.25) is 0 Å². The first kappa shape index (κ1) is 34.1. The van der Waals surface area contributed by atoms with Crippen LogP contribution in [-0.4, -0.2) is 46.9 Å². The Morgan fingerprint density at radius 2 is 1.92 bits per heavy atom. The summed E-state index contributed by atoms with van der Waals surface area (Å²) >= 11 is 13.8. The van der Waals surface area contributed by atoms with Gasteiger partial charge in [0.15, 0.2) is 11.0 Å². The standard InChI is InChI=1S/C29H44Cl2N4O2S/c1-7-15-35(16-14-20(4)8-2)25-12-10-24(11-13-25)34-29(33-19-32)38-18-26(37)27(22(6)36)28(31)21(5)17-23(30)9-3/h9-13,20-21,23,36H,3,6-8,14-19,32H2,1-2,4-5H3,(H,33,34)/b28-27-. The van der Waals surface area contributed by atoms with Crippen molar-refractivity contribution in [3.8, 4) is 0 Å². The number of thioether (sulfide) groups is 1. The van der Waals surface area contributed by atoms with Gasteiger partial charge in [-0.05, 0) is 55.4 Å². The lowest BCUT2D eigenvalue weighted by molar-refractivity contribution is -0.113. The largest absolute Gasteiger partial charge is 0.508 e. The first-order valence-electron chi connectivity index (χ1n) is 13.1. The second-order valence-corrected chi connectivity index (χ2v) is 11.3. The molecule has 4 N–H and O–H groups in total. The van der Waals surface area contributed by atoms with Gasteiger partial charge in [0.05, 0.1) is 23.4 Å². The van der Waals surface area contributed by atoms with Crippen LogP contribution in [0.25, 0.3) is 0 Å². The van der Waals surface area contributed by atoms with Gasteiger partial charge in [-0.25, -0.2) is 4.99 Å². The Hall–Kier alpha value is -1.93. The van der Waals surface area contributed by atoms with Crippen molar-refractivity contribution in [3.05, 3.63) is 59.9 Å². The van der Waals surface area contributed by atoms with Crippen molar-refractivity contribution in [2.24, 2.45) is 22.6 Å². The van der Waals surface area contributed by atoms with Gasteiger partial charge in [0, 0.05) is 29.5 Å². The highest BCUT2D eigenvalue weighted by molar-refractivity contribution is 8.14. The number of aliphatic imine (C=N–C) groups is 1. The van der Waals surface area contributed by atoms with Gasteiger partial charge in [-0.3, -0.25) is 4.79 Å². The maximum absolute atomic E-state index is 13.0. The number of carbonyl (C=O) groups is 1. The lowest BCUT2D eigenvalue weighted by atomic mass is 9.99. The van der Waals surface area contributed by atoms with Crippen molar-refractivity contribution in [3.63, 3.8) is 0 Å². The molecular weight excluding hydrogens is 539 g/mol. The zero-order chi connectivity index (χ0) is 28.7. The van der Waals surface area contributed by atoms with Crippen molar-refractivity contribution in [1.29, 1.82) is 0 Å². The number of amidine groups is 1. The van der Waals surface area contributed by atoms with Crippen molar-refractivity contribution >= 4 is 57.3 Å². The van der Waals surface area contributed by atoms with Crippen molar-refractivity contribution in [2.45, 2.75) is 58.8 Å². The van der Waals surface area contributed by atoms with E-state index in [1.54, 1.807) is 6.08 Å². The summed E-state index contributed by atoms with van der Waals surface area (Å²) in [4.78, 5) is 19.7. The first-order valence-corrected chi connectivity index (χ1v) is 14.9. The van der Waals surface area contributed by atoms with Crippen LogP contribution in [0.5, 0.6) is 0 Å². The molecule has 0 fully saturated rings. The van der Waals surface area contributed by atoms with Crippen molar-refractivity contribution in [2.75, 3.05) is 35.7 Å². The van der Waals surface area contributed by atoms with Crippen LogP contribution in [0.2, 0.25) is 0 Å². The SMILES string of the molecule is C=CC(Cl)CC(C)/C(Cl)=C(\C(=C)O)C(=O)CS/C(=N\CN)Nc1ccc(N(CCC)CCC(C)CC)cc1. The molecule has 3 unspecified atom stereocenters. The van der Waals surface area contributed by atoms with Crippen molar-refractivity contribution in [1.82, 2.24) is 0 Å². The highest BCUT2D eigenvalue weighted by atomic mass is 35.5. The van der Waals surface area contributed by atoms with Crippen LogP contribution in [0.1, 0.15) is 53.4 Å². The van der Waals surface area contributed by atoms with E-state index >= 15 is 0 Å². The number of allylic oxidation sites excluding steroid dienone is 3. The maximum atomic E-state index is 13.0. The average Bonchev–Trinajstić information content (AvgIpc) is 2.89. The maximum Gasteiger partial charge on any atom is 0.178 e. The van der Waals surface area contributed by atoms with E-state index in [0.717, 1.165) is 31.6 Å². The summed E-state index contributed by atoms with van der Waals surface area (Å²) in [6.45, 7) is 17.8. The number of nitrogens with zero attached hydrogens (tertiary/aromatic N) is 2. The molecule has 3 atom stereocenters. The molecule has 1 aromatic rings. The smallest absolute Gasteiger partial charge is 0.178 e. The van der Waals surface area contributed by atoms with Crippen LogP contribution in [0.15, 0.2) is 64.9 Å². The van der Waals surface area contributed by atoms with Crippen LogP contribution in [0.3, 0.4) is 0 Å². The summed E-state index contributed by atoms with van der Waals surface area (Å²) in [7, 11) is 0. The number of Topliss-reactive ketones (excluding diaryl/α,β-unsaturated/α-hetero) is 1. The molecule has 212 valence electrons. The molecule has 0 heterocycles. The average molecular weight is 584 g/mol. The van der Waals surface area contributed by atoms with Crippen LogP contribution in [-0.2, 0) is 4.79 Å². The summed E-state index contributed by atoms with van der Waals surface area (Å²) in [5.74, 6) is -0.291. The number of halogens is 2. The number of rotatable bonds is 17. The number of hydrogen-bond acceptors (Lipinski definition) is 6. The first-order chi connectivity index (χ1) is 18.1. The fourth-order valence-electron chi connectivity index (χ4n) is 3.73. The number of alkyl halides is 1. The second-order valence-electron chi connectivity index (χ2n) is 9.38. The van der Waals surface area contributed by atoms with Crippen LogP contribution < -0.4 is 16.0 Å². The molecule has 9 heteroatoms. The fraction of sp³-hybridized carbons (Fsp3) is 0.517. The third kappa shape index (κ3) is 11.9. The number of ketones is 1. The zero-order valence-corrected chi connectivity index (χ0v) is 25.5. The van der Waals surface area contributed by atoms with Gasteiger partial charge >= 0.3 is 0 Å². The molecule has 6 nitrogen and oxygen atoms in total. The number of aliphatic hydroxyl groups is 1. The molecule has 1 rings (SSSR count). The van der Waals surface area contributed by atoms with E-state index in [2.05, 4.69) is 61.3 Å². The van der Waals surface area contributed by atoms with E-state index in [9.17, 15) is 9.90 Å². The molecule has 0 saturated heterocycles. The minimum atomic E-state index is -0.372. The van der Waals surface area contributed by atoms with Crippen LogP contribution in [0, 0.1) is 11.8 Å². The molecular formula is C29H44Cl2N4O2S. The number of benzene rings is 1. The highest BCUT2D eigenvalue weighted by Gasteiger charge is 2.23. The van der Waals surface area contributed by atoms with Crippen LogP contribution in [0.4, 0.5) is 11.4 Å². The van der Waals surface area contributed by atoms with Gasteiger partial charge in [-0.2, -0.15) is 0 Å². The van der Waals surface area contributed by atoms with Gasteiger partial charge in [-0.1, -0.05) is 70.1 Å². The minimum Gasteiger partial charge on any atom is -0.508 e. The summed E-state index contributed by atoms with van der Waals surface area (Å²) < 4.78 is 0. The van der Waals surface area contributed by atoms with Crippen LogP contribution >= 0.6 is 35.0 Å². The summed E-state index contributed by atoms with van der Waals surface area (Å²) in [5.41, 5.74) is 7.69. The topological polar surface area (TPSA) is 90.9 Å². The number of carbonyl (C=O) groups excluding carboxylic acids is 1. The molecule has 0 radical (unpaired) electrons. The fourth-order valence-corrected chi connectivity index (χ4v) is 5.06. The Morgan fingerprint density at radius 1 is 1.26 bits per heavy atom. The molecule has 0 spiro atoms.